The van der Waals surface area contributed by atoms with E-state index in [0.29, 0.717) is 22.8 Å². The largest absolute Gasteiger partial charge is 0.315 e. The molecule has 3 aromatic rings. The lowest BCUT2D eigenvalue weighted by molar-refractivity contribution is 0.0968. The zero-order chi connectivity index (χ0) is 19.7. The summed E-state index contributed by atoms with van der Waals surface area (Å²) in [6.45, 7) is 1.53. The van der Waals surface area contributed by atoms with E-state index in [1.165, 1.54) is 12.1 Å². The van der Waals surface area contributed by atoms with E-state index in [4.69, 9.17) is 11.6 Å². The first-order valence-corrected chi connectivity index (χ1v) is 10.5. The molecule has 1 amide bonds. The number of nitrogens with zero attached hydrogens (tertiary/aromatic N) is 2. The quantitative estimate of drug-likeness (QED) is 0.445. The van der Waals surface area contributed by atoms with Gasteiger partial charge in [-0.05, 0) is 77.7 Å². The van der Waals surface area contributed by atoms with E-state index < -0.39 is 11.7 Å². The number of anilines is 1. The lowest BCUT2D eigenvalue weighted by Crippen LogP contribution is -2.49. The van der Waals surface area contributed by atoms with Crippen LogP contribution in [0.25, 0.3) is 10.8 Å². The van der Waals surface area contributed by atoms with Crippen LogP contribution >= 0.6 is 46.6 Å². The molecule has 1 aliphatic heterocycles. The van der Waals surface area contributed by atoms with Gasteiger partial charge >= 0.3 is 0 Å². The molecule has 152 valence electrons. The Labute approximate surface area is 193 Å². The molecule has 29 heavy (non-hydrogen) atoms. The number of amides is 1. The van der Waals surface area contributed by atoms with Crippen molar-refractivity contribution < 1.29 is 9.18 Å². The SMILES string of the molecule is Cl.O=C(c1ccc(I)cc1F)N(c1nccc2cccc(Cl)c12)C1CCCNC1. The maximum Gasteiger partial charge on any atom is 0.262 e. The van der Waals surface area contributed by atoms with E-state index in [1.807, 2.05) is 40.8 Å². The van der Waals surface area contributed by atoms with Crippen molar-refractivity contribution in [3.8, 4) is 0 Å². The fourth-order valence-electron chi connectivity index (χ4n) is 3.63. The van der Waals surface area contributed by atoms with E-state index in [1.54, 1.807) is 23.2 Å². The van der Waals surface area contributed by atoms with Crippen molar-refractivity contribution in [1.82, 2.24) is 10.3 Å². The predicted molar refractivity (Wildman–Crippen MR) is 126 cm³/mol. The highest BCUT2D eigenvalue weighted by Crippen LogP contribution is 2.34. The first kappa shape index (κ1) is 22.2. The summed E-state index contributed by atoms with van der Waals surface area (Å²) in [5.74, 6) is -0.459. The zero-order valence-corrected chi connectivity index (χ0v) is 19.1. The normalized spacial score (nSPS) is 16.3. The average molecular weight is 546 g/mol. The predicted octanol–water partition coefficient (Wildman–Crippen LogP) is 5.45. The van der Waals surface area contributed by atoms with Crippen molar-refractivity contribution >= 4 is 69.1 Å². The summed E-state index contributed by atoms with van der Waals surface area (Å²) in [6.07, 6.45) is 3.41. The van der Waals surface area contributed by atoms with Crippen LogP contribution in [0.5, 0.6) is 0 Å². The Morgan fingerprint density at radius 2 is 2.10 bits per heavy atom. The Kier molecular flexibility index (Phi) is 7.32. The van der Waals surface area contributed by atoms with Crippen LogP contribution in [0.3, 0.4) is 0 Å². The molecule has 1 aliphatic rings. The van der Waals surface area contributed by atoms with Gasteiger partial charge in [-0.3, -0.25) is 9.69 Å². The van der Waals surface area contributed by atoms with Crippen molar-refractivity contribution in [3.63, 3.8) is 0 Å². The number of hydrogen-bond acceptors (Lipinski definition) is 3. The minimum Gasteiger partial charge on any atom is -0.315 e. The Bertz CT molecular complexity index is 1040. The van der Waals surface area contributed by atoms with Crippen LogP contribution in [0.2, 0.25) is 5.02 Å². The molecule has 1 unspecified atom stereocenters. The van der Waals surface area contributed by atoms with Crippen LogP contribution in [0.1, 0.15) is 23.2 Å². The molecule has 8 heteroatoms. The van der Waals surface area contributed by atoms with Gasteiger partial charge in [-0.25, -0.2) is 9.37 Å². The summed E-state index contributed by atoms with van der Waals surface area (Å²) in [5, 5.41) is 5.44. The second-order valence-electron chi connectivity index (χ2n) is 6.77. The topological polar surface area (TPSA) is 45.2 Å². The molecule has 0 spiro atoms. The van der Waals surface area contributed by atoms with Gasteiger partial charge in [0.2, 0.25) is 0 Å². The monoisotopic (exact) mass is 545 g/mol. The Morgan fingerprint density at radius 1 is 1.28 bits per heavy atom. The van der Waals surface area contributed by atoms with Crippen molar-refractivity contribution in [2.24, 2.45) is 0 Å². The smallest absolute Gasteiger partial charge is 0.262 e. The van der Waals surface area contributed by atoms with Gasteiger partial charge in [0, 0.05) is 21.7 Å². The summed E-state index contributed by atoms with van der Waals surface area (Å²) in [4.78, 5) is 19.6. The van der Waals surface area contributed by atoms with E-state index >= 15 is 0 Å². The van der Waals surface area contributed by atoms with Gasteiger partial charge in [-0.2, -0.15) is 0 Å². The molecule has 1 N–H and O–H groups in total. The highest BCUT2D eigenvalue weighted by molar-refractivity contribution is 14.1. The van der Waals surface area contributed by atoms with Crippen molar-refractivity contribution in [2.45, 2.75) is 18.9 Å². The number of hydrogen-bond donors (Lipinski definition) is 1. The van der Waals surface area contributed by atoms with Gasteiger partial charge in [0.05, 0.1) is 16.6 Å². The Balaban J connectivity index is 0.00000240. The molecule has 1 atom stereocenters. The average Bonchev–Trinajstić information content (AvgIpc) is 2.69. The number of carbonyl (C=O) groups excluding carboxylic acids is 1. The Hall–Kier alpha value is -1.48. The first-order valence-electron chi connectivity index (χ1n) is 9.09. The summed E-state index contributed by atoms with van der Waals surface area (Å²) >= 11 is 8.51. The van der Waals surface area contributed by atoms with Crippen molar-refractivity contribution in [3.05, 3.63) is 68.6 Å². The molecule has 2 heterocycles. The van der Waals surface area contributed by atoms with Gasteiger partial charge in [0.1, 0.15) is 11.6 Å². The molecular formula is C21H19Cl2FIN3O. The summed E-state index contributed by atoms with van der Waals surface area (Å²) < 4.78 is 15.4. The molecular weight excluding hydrogens is 527 g/mol. The van der Waals surface area contributed by atoms with E-state index in [0.717, 1.165) is 28.3 Å². The number of pyridine rings is 1. The van der Waals surface area contributed by atoms with Crippen LogP contribution in [0, 0.1) is 9.39 Å². The molecule has 4 nitrogen and oxygen atoms in total. The second kappa shape index (κ2) is 9.55. The number of piperidine rings is 1. The highest BCUT2D eigenvalue weighted by Gasteiger charge is 2.31. The number of carbonyl (C=O) groups is 1. The molecule has 2 aromatic carbocycles. The lowest BCUT2D eigenvalue weighted by atomic mass is 10.0. The van der Waals surface area contributed by atoms with Crippen LogP contribution in [0.15, 0.2) is 48.7 Å². The van der Waals surface area contributed by atoms with Crippen LogP contribution in [-0.2, 0) is 0 Å². The fourth-order valence-corrected chi connectivity index (χ4v) is 4.35. The highest BCUT2D eigenvalue weighted by atomic mass is 127. The number of nitrogens with one attached hydrogen (secondary N) is 1. The van der Waals surface area contributed by atoms with E-state index in [-0.39, 0.29) is 24.0 Å². The maximum atomic E-state index is 14.6. The van der Waals surface area contributed by atoms with Crippen molar-refractivity contribution in [1.29, 1.82) is 0 Å². The van der Waals surface area contributed by atoms with Gasteiger partial charge < -0.3 is 5.32 Å². The molecule has 0 radical (unpaired) electrons. The number of aromatic nitrogens is 1. The number of rotatable bonds is 3. The molecule has 1 aromatic heterocycles. The molecule has 0 aliphatic carbocycles. The third-order valence-electron chi connectivity index (χ3n) is 4.96. The van der Waals surface area contributed by atoms with E-state index in [9.17, 15) is 9.18 Å². The van der Waals surface area contributed by atoms with Crippen LogP contribution in [0.4, 0.5) is 10.2 Å². The number of benzene rings is 2. The standard InChI is InChI=1S/C21H18ClFIN3O.ClH/c22-17-5-1-3-13-8-10-26-20(19(13)17)27(15-4-2-9-25-12-15)21(28)16-7-6-14(24)11-18(16)23;/h1,3,5-8,10-11,15,25H,2,4,9,12H2;1H. The second-order valence-corrected chi connectivity index (χ2v) is 8.42. The van der Waals surface area contributed by atoms with Crippen LogP contribution in [-0.4, -0.2) is 30.0 Å². The number of halogens is 4. The molecule has 0 saturated carbocycles. The van der Waals surface area contributed by atoms with Gasteiger partial charge in [-0.1, -0.05) is 23.7 Å². The van der Waals surface area contributed by atoms with Crippen molar-refractivity contribution in [2.75, 3.05) is 18.0 Å². The summed E-state index contributed by atoms with van der Waals surface area (Å²) in [5.41, 5.74) is 0.0387. The first-order chi connectivity index (χ1) is 13.6. The maximum absolute atomic E-state index is 14.6. The molecule has 4 rings (SSSR count). The molecule has 0 bridgehead atoms. The minimum absolute atomic E-state index is 0. The number of fused-ring (bicyclic) bond motifs is 1. The summed E-state index contributed by atoms with van der Waals surface area (Å²) in [7, 11) is 0. The third-order valence-corrected chi connectivity index (χ3v) is 5.95. The zero-order valence-electron chi connectivity index (χ0n) is 15.4. The van der Waals surface area contributed by atoms with Crippen LogP contribution < -0.4 is 10.2 Å². The minimum atomic E-state index is -0.531. The molecule has 1 fully saturated rings. The van der Waals surface area contributed by atoms with E-state index in [2.05, 4.69) is 10.3 Å². The summed E-state index contributed by atoms with van der Waals surface area (Å²) in [6, 6.07) is 11.9. The lowest BCUT2D eigenvalue weighted by Gasteiger charge is -2.34. The molecule has 1 saturated heterocycles. The fraction of sp³-hybridized carbons (Fsp3) is 0.238. The van der Waals surface area contributed by atoms with Gasteiger partial charge in [0.15, 0.2) is 0 Å². The van der Waals surface area contributed by atoms with Gasteiger partial charge in [-0.15, -0.1) is 12.4 Å². The third kappa shape index (κ3) is 4.50. The Morgan fingerprint density at radius 3 is 2.83 bits per heavy atom. The van der Waals surface area contributed by atoms with Gasteiger partial charge in [0.25, 0.3) is 5.91 Å².